The summed E-state index contributed by atoms with van der Waals surface area (Å²) in [6, 6.07) is 0.475. The highest BCUT2D eigenvalue weighted by Crippen LogP contribution is 2.33. The van der Waals surface area contributed by atoms with E-state index in [1.54, 1.807) is 0 Å². The highest BCUT2D eigenvalue weighted by Gasteiger charge is 2.42. The molecule has 0 bridgehead atoms. The van der Waals surface area contributed by atoms with E-state index in [0.29, 0.717) is 17.9 Å². The largest absolute Gasteiger partial charge is 0.338 e. The molecular formula is C15H28N2O. The van der Waals surface area contributed by atoms with E-state index in [-0.39, 0.29) is 11.5 Å². The van der Waals surface area contributed by atoms with E-state index in [0.717, 1.165) is 19.5 Å². The number of hydrogen-bond donors (Lipinski definition) is 1. The van der Waals surface area contributed by atoms with Gasteiger partial charge in [0.2, 0.25) is 5.91 Å². The lowest BCUT2D eigenvalue weighted by Crippen LogP contribution is -2.57. The topological polar surface area (TPSA) is 32.3 Å². The first-order chi connectivity index (χ1) is 8.43. The maximum Gasteiger partial charge on any atom is 0.240 e. The van der Waals surface area contributed by atoms with E-state index in [9.17, 15) is 4.79 Å². The molecule has 2 fully saturated rings. The average molecular weight is 252 g/mol. The van der Waals surface area contributed by atoms with Crippen molar-refractivity contribution in [1.29, 1.82) is 0 Å². The Labute approximate surface area is 111 Å². The van der Waals surface area contributed by atoms with Crippen LogP contribution in [0.3, 0.4) is 0 Å². The third-order valence-electron chi connectivity index (χ3n) is 4.73. The van der Waals surface area contributed by atoms with Gasteiger partial charge in [-0.3, -0.25) is 4.79 Å². The fraction of sp³-hybridized carbons (Fsp3) is 0.933. The molecule has 0 spiro atoms. The van der Waals surface area contributed by atoms with Crippen LogP contribution in [0.2, 0.25) is 0 Å². The maximum atomic E-state index is 12.8. The summed E-state index contributed by atoms with van der Waals surface area (Å²) in [7, 11) is 0. The van der Waals surface area contributed by atoms with Crippen LogP contribution in [0.1, 0.15) is 53.4 Å². The summed E-state index contributed by atoms with van der Waals surface area (Å²) in [6.07, 6.45) is 4.68. The monoisotopic (exact) mass is 252 g/mol. The summed E-state index contributed by atoms with van der Waals surface area (Å²) >= 11 is 0. The molecular weight excluding hydrogens is 224 g/mol. The Hall–Kier alpha value is -0.570. The van der Waals surface area contributed by atoms with Gasteiger partial charge in [-0.1, -0.05) is 27.7 Å². The summed E-state index contributed by atoms with van der Waals surface area (Å²) in [5, 5.41) is 3.45. The molecule has 2 unspecified atom stereocenters. The SMILES string of the molecule is CC(C)C1CCCN1C(=O)C1NCCCC1(C)C. The van der Waals surface area contributed by atoms with E-state index in [2.05, 4.69) is 37.9 Å². The van der Waals surface area contributed by atoms with E-state index < -0.39 is 0 Å². The zero-order valence-electron chi connectivity index (χ0n) is 12.3. The number of carbonyl (C=O) groups is 1. The third-order valence-corrected chi connectivity index (χ3v) is 4.73. The van der Waals surface area contributed by atoms with Crippen LogP contribution in [-0.2, 0) is 4.79 Å². The number of nitrogens with one attached hydrogen (secondary N) is 1. The molecule has 2 aliphatic heterocycles. The van der Waals surface area contributed by atoms with Crippen LogP contribution in [0.5, 0.6) is 0 Å². The van der Waals surface area contributed by atoms with Crippen LogP contribution in [0, 0.1) is 11.3 Å². The first-order valence-electron chi connectivity index (χ1n) is 7.47. The van der Waals surface area contributed by atoms with Gasteiger partial charge >= 0.3 is 0 Å². The fourth-order valence-corrected chi connectivity index (χ4v) is 3.56. The van der Waals surface area contributed by atoms with E-state index in [1.807, 2.05) is 0 Å². The van der Waals surface area contributed by atoms with Gasteiger partial charge < -0.3 is 10.2 Å². The molecule has 3 heteroatoms. The summed E-state index contributed by atoms with van der Waals surface area (Å²) in [5.41, 5.74) is 0.0967. The standard InChI is InChI=1S/C15H28N2O/c1-11(2)12-7-5-10-17(12)14(18)13-15(3,4)8-6-9-16-13/h11-13,16H,5-10H2,1-4H3. The molecule has 0 radical (unpaired) electrons. The van der Waals surface area contributed by atoms with Gasteiger partial charge in [0.05, 0.1) is 6.04 Å². The fourth-order valence-electron chi connectivity index (χ4n) is 3.56. The number of nitrogens with zero attached hydrogens (tertiary/aromatic N) is 1. The molecule has 2 atom stereocenters. The van der Waals surface area contributed by atoms with Crippen LogP contribution in [0.25, 0.3) is 0 Å². The lowest BCUT2D eigenvalue weighted by atomic mass is 9.77. The summed E-state index contributed by atoms with van der Waals surface area (Å²) in [4.78, 5) is 14.9. The number of hydrogen-bond acceptors (Lipinski definition) is 2. The van der Waals surface area contributed by atoms with Gasteiger partial charge in [-0.05, 0) is 43.6 Å². The number of carbonyl (C=O) groups excluding carboxylic acids is 1. The van der Waals surface area contributed by atoms with E-state index in [4.69, 9.17) is 0 Å². The number of rotatable bonds is 2. The molecule has 0 aromatic rings. The van der Waals surface area contributed by atoms with Crippen molar-refractivity contribution in [1.82, 2.24) is 10.2 Å². The van der Waals surface area contributed by atoms with Gasteiger partial charge in [-0.2, -0.15) is 0 Å². The summed E-state index contributed by atoms with van der Waals surface area (Å²) < 4.78 is 0. The van der Waals surface area contributed by atoms with Crippen LogP contribution >= 0.6 is 0 Å². The van der Waals surface area contributed by atoms with Gasteiger partial charge in [0.15, 0.2) is 0 Å². The second-order valence-corrected chi connectivity index (χ2v) is 6.96. The normalized spacial score (nSPS) is 31.9. The Morgan fingerprint density at radius 1 is 1.33 bits per heavy atom. The quantitative estimate of drug-likeness (QED) is 0.818. The van der Waals surface area contributed by atoms with E-state index >= 15 is 0 Å². The van der Waals surface area contributed by atoms with Crippen LogP contribution in [-0.4, -0.2) is 36.0 Å². The molecule has 2 saturated heterocycles. The van der Waals surface area contributed by atoms with Crippen molar-refractivity contribution in [3.8, 4) is 0 Å². The van der Waals surface area contributed by atoms with Crippen LogP contribution < -0.4 is 5.32 Å². The second-order valence-electron chi connectivity index (χ2n) is 6.96. The van der Waals surface area contributed by atoms with Gasteiger partial charge in [0.1, 0.15) is 0 Å². The number of amides is 1. The molecule has 2 rings (SSSR count). The Balaban J connectivity index is 2.10. The third kappa shape index (κ3) is 2.56. The van der Waals surface area contributed by atoms with Crippen molar-refractivity contribution in [3.63, 3.8) is 0 Å². The van der Waals surface area contributed by atoms with Crippen molar-refractivity contribution < 1.29 is 4.79 Å². The van der Waals surface area contributed by atoms with Gasteiger partial charge in [0, 0.05) is 12.6 Å². The molecule has 0 aliphatic carbocycles. The highest BCUT2D eigenvalue weighted by atomic mass is 16.2. The van der Waals surface area contributed by atoms with E-state index in [1.165, 1.54) is 19.3 Å². The van der Waals surface area contributed by atoms with Gasteiger partial charge in [0.25, 0.3) is 0 Å². The molecule has 0 aromatic carbocycles. The Bertz CT molecular complexity index is 312. The lowest BCUT2D eigenvalue weighted by molar-refractivity contribution is -0.139. The van der Waals surface area contributed by atoms with Crippen molar-refractivity contribution in [2.75, 3.05) is 13.1 Å². The summed E-state index contributed by atoms with van der Waals surface area (Å²) in [5.74, 6) is 0.916. The number of piperidine rings is 1. The minimum atomic E-state index is 0.0191. The van der Waals surface area contributed by atoms with Crippen LogP contribution in [0.15, 0.2) is 0 Å². The maximum absolute atomic E-state index is 12.8. The first kappa shape index (κ1) is 13.9. The van der Waals surface area contributed by atoms with Gasteiger partial charge in [-0.15, -0.1) is 0 Å². The minimum absolute atomic E-state index is 0.0191. The van der Waals surface area contributed by atoms with Crippen molar-refractivity contribution in [3.05, 3.63) is 0 Å². The average Bonchev–Trinajstić information content (AvgIpc) is 2.76. The van der Waals surface area contributed by atoms with Crippen molar-refractivity contribution in [2.24, 2.45) is 11.3 Å². The van der Waals surface area contributed by atoms with Crippen molar-refractivity contribution >= 4 is 5.91 Å². The molecule has 3 nitrogen and oxygen atoms in total. The smallest absolute Gasteiger partial charge is 0.240 e. The van der Waals surface area contributed by atoms with Crippen LogP contribution in [0.4, 0.5) is 0 Å². The lowest BCUT2D eigenvalue weighted by Gasteiger charge is -2.41. The molecule has 0 aromatic heterocycles. The zero-order valence-corrected chi connectivity index (χ0v) is 12.3. The molecule has 2 heterocycles. The predicted molar refractivity (Wildman–Crippen MR) is 74.4 cm³/mol. The van der Waals surface area contributed by atoms with Gasteiger partial charge in [-0.25, -0.2) is 0 Å². The predicted octanol–water partition coefficient (Wildman–Crippen LogP) is 2.41. The second kappa shape index (κ2) is 5.20. The zero-order chi connectivity index (χ0) is 13.3. The molecule has 18 heavy (non-hydrogen) atoms. The highest BCUT2D eigenvalue weighted by molar-refractivity contribution is 5.83. The molecule has 104 valence electrons. The molecule has 1 N–H and O–H groups in total. The Kier molecular flexibility index (Phi) is 4.00. The Morgan fingerprint density at radius 2 is 2.06 bits per heavy atom. The molecule has 2 aliphatic rings. The van der Waals surface area contributed by atoms with Crippen molar-refractivity contribution in [2.45, 2.75) is 65.5 Å². The summed E-state index contributed by atoms with van der Waals surface area (Å²) in [6.45, 7) is 10.9. The molecule has 1 amide bonds. The molecule has 0 saturated carbocycles. The number of likely N-dealkylation sites (tertiary alicyclic amines) is 1. The minimum Gasteiger partial charge on any atom is -0.338 e. The Morgan fingerprint density at radius 3 is 2.67 bits per heavy atom. The first-order valence-corrected chi connectivity index (χ1v) is 7.47.